The largest absolute Gasteiger partial charge is 0.238 e. The normalized spacial score (nSPS) is 18.5. The summed E-state index contributed by atoms with van der Waals surface area (Å²) < 4.78 is 0. The van der Waals surface area contributed by atoms with Gasteiger partial charge in [-0.05, 0) is 79.0 Å². The Bertz CT molecular complexity index is 914. The summed E-state index contributed by atoms with van der Waals surface area (Å²) >= 11 is 0. The van der Waals surface area contributed by atoms with Gasteiger partial charge in [0, 0.05) is 10.9 Å². The van der Waals surface area contributed by atoms with Crippen molar-refractivity contribution in [2.45, 2.75) is 63.2 Å². The van der Waals surface area contributed by atoms with Crippen LogP contribution in [0.3, 0.4) is 0 Å². The first-order valence-corrected chi connectivity index (χ1v) is 10.2. The summed E-state index contributed by atoms with van der Waals surface area (Å²) in [6.07, 6.45) is 10.7. The predicted molar refractivity (Wildman–Crippen MR) is 107 cm³/mol. The van der Waals surface area contributed by atoms with E-state index in [2.05, 4.69) is 48.5 Å². The third-order valence-electron chi connectivity index (χ3n) is 6.40. The van der Waals surface area contributed by atoms with Gasteiger partial charge in [-0.25, -0.2) is 4.98 Å². The van der Waals surface area contributed by atoms with Gasteiger partial charge in [0.2, 0.25) is 0 Å². The lowest BCUT2D eigenvalue weighted by atomic mass is 9.89. The average molecular weight is 339 g/mol. The van der Waals surface area contributed by atoms with Crippen LogP contribution in [0, 0.1) is 12.1 Å². The fourth-order valence-electron chi connectivity index (χ4n) is 4.99. The summed E-state index contributed by atoms with van der Waals surface area (Å²) in [6.45, 7) is 0. The van der Waals surface area contributed by atoms with Gasteiger partial charge in [0.25, 0.3) is 0 Å². The van der Waals surface area contributed by atoms with Crippen molar-refractivity contribution in [3.05, 3.63) is 65.7 Å². The van der Waals surface area contributed by atoms with Crippen molar-refractivity contribution in [3.63, 3.8) is 0 Å². The van der Waals surface area contributed by atoms with Gasteiger partial charge in [-0.3, -0.25) is 0 Å². The Morgan fingerprint density at radius 2 is 1.62 bits per heavy atom. The fraction of sp³-hybridized carbons (Fsp3) is 0.400. The van der Waals surface area contributed by atoms with Crippen molar-refractivity contribution in [1.29, 1.82) is 0 Å². The smallest absolute Gasteiger partial charge is 0.121 e. The molecule has 0 spiro atoms. The topological polar surface area (TPSA) is 12.9 Å². The van der Waals surface area contributed by atoms with E-state index in [1.807, 2.05) is 6.07 Å². The van der Waals surface area contributed by atoms with Crippen molar-refractivity contribution >= 4 is 10.9 Å². The molecule has 1 aromatic heterocycles. The van der Waals surface area contributed by atoms with E-state index in [1.54, 1.807) is 0 Å². The minimum Gasteiger partial charge on any atom is -0.238 e. The van der Waals surface area contributed by atoms with Crippen LogP contribution in [0.1, 0.15) is 74.3 Å². The molecule has 0 amide bonds. The van der Waals surface area contributed by atoms with Gasteiger partial charge in [0.05, 0.1) is 5.69 Å². The monoisotopic (exact) mass is 339 g/mol. The molecule has 26 heavy (non-hydrogen) atoms. The summed E-state index contributed by atoms with van der Waals surface area (Å²) in [5, 5.41) is 1.20. The highest BCUT2D eigenvalue weighted by atomic mass is 14.7. The van der Waals surface area contributed by atoms with Gasteiger partial charge in [-0.1, -0.05) is 49.9 Å². The third-order valence-corrected chi connectivity index (χ3v) is 6.40. The number of hydrogen-bond acceptors (Lipinski definition) is 1. The number of nitrogens with zero attached hydrogens (tertiary/aromatic N) is 1. The molecule has 3 aromatic rings. The Morgan fingerprint density at radius 1 is 0.846 bits per heavy atom. The van der Waals surface area contributed by atoms with E-state index < -0.39 is 0 Å². The number of fused-ring (bicyclic) bond motifs is 1. The van der Waals surface area contributed by atoms with E-state index in [0.717, 1.165) is 11.4 Å². The first kappa shape index (κ1) is 15.9. The minimum atomic E-state index is 0.654. The first-order chi connectivity index (χ1) is 12.9. The lowest BCUT2D eigenvalue weighted by molar-refractivity contribution is 0.720. The maximum Gasteiger partial charge on any atom is 0.121 e. The lowest BCUT2D eigenvalue weighted by Crippen LogP contribution is -2.00. The van der Waals surface area contributed by atoms with E-state index in [9.17, 15) is 0 Å². The maximum absolute atomic E-state index is 5.07. The second-order valence-electron chi connectivity index (χ2n) is 8.05. The summed E-state index contributed by atoms with van der Waals surface area (Å²) in [6, 6.07) is 21.9. The Balaban J connectivity index is 1.64. The molecule has 0 N–H and O–H groups in total. The van der Waals surface area contributed by atoms with Crippen LogP contribution in [0.2, 0.25) is 0 Å². The Hall–Kier alpha value is -2.33. The molecule has 1 nitrogen and oxygen atoms in total. The number of benzene rings is 1. The van der Waals surface area contributed by atoms with Crippen LogP contribution in [0.15, 0.2) is 42.5 Å². The van der Waals surface area contributed by atoms with Crippen LogP contribution >= 0.6 is 0 Å². The van der Waals surface area contributed by atoms with Crippen LogP contribution in [0.4, 0.5) is 0 Å². The van der Waals surface area contributed by atoms with Crippen LogP contribution in [0.25, 0.3) is 22.2 Å². The quantitative estimate of drug-likeness (QED) is 0.510. The molecular weight excluding hydrogens is 314 g/mol. The molecular formula is C25H25N. The van der Waals surface area contributed by atoms with E-state index >= 15 is 0 Å². The van der Waals surface area contributed by atoms with Crippen LogP contribution in [0.5, 0.6) is 0 Å². The molecule has 2 saturated carbocycles. The van der Waals surface area contributed by atoms with Crippen molar-refractivity contribution in [2.24, 2.45) is 0 Å². The molecule has 2 fully saturated rings. The number of pyridine rings is 1. The molecule has 0 radical (unpaired) electrons. The zero-order chi connectivity index (χ0) is 17.3. The molecule has 0 atom stereocenters. The highest BCUT2D eigenvalue weighted by Gasteiger charge is 2.23. The van der Waals surface area contributed by atoms with E-state index in [1.165, 1.54) is 79.1 Å². The van der Waals surface area contributed by atoms with Gasteiger partial charge in [-0.2, -0.15) is 0 Å². The third kappa shape index (κ3) is 2.88. The molecule has 5 rings (SSSR count). The van der Waals surface area contributed by atoms with Crippen molar-refractivity contribution in [1.82, 2.24) is 4.98 Å². The van der Waals surface area contributed by atoms with Crippen molar-refractivity contribution < 1.29 is 0 Å². The summed E-state index contributed by atoms with van der Waals surface area (Å²) in [7, 11) is 0. The van der Waals surface area contributed by atoms with Crippen molar-refractivity contribution in [2.75, 3.05) is 0 Å². The standard InChI is InChI=1S/C25H25N/c1-2-9-18(8-1)20-13-7-14-22(16-20)25-23(19-10-3-4-11-19)17-21-12-5-6-15-24(21)26-25/h5,7,12-14,16-19H,1-4,8-11H2. The summed E-state index contributed by atoms with van der Waals surface area (Å²) in [5.41, 5.74) is 6.35. The molecule has 1 heterocycles. The molecule has 130 valence electrons. The molecule has 2 aromatic carbocycles. The number of aromatic nitrogens is 1. The predicted octanol–water partition coefficient (Wildman–Crippen LogP) is 6.82. The maximum atomic E-state index is 5.07. The van der Waals surface area contributed by atoms with Crippen LogP contribution in [-0.4, -0.2) is 4.98 Å². The number of rotatable bonds is 3. The Morgan fingerprint density at radius 3 is 2.42 bits per heavy atom. The average Bonchev–Trinajstić information content (AvgIpc) is 3.41. The molecule has 1 heteroatoms. The minimum absolute atomic E-state index is 0.654. The Labute approximate surface area is 156 Å². The van der Waals surface area contributed by atoms with E-state index in [0.29, 0.717) is 5.92 Å². The zero-order valence-electron chi connectivity index (χ0n) is 15.3. The molecule has 2 aliphatic rings. The van der Waals surface area contributed by atoms with Gasteiger partial charge >= 0.3 is 0 Å². The van der Waals surface area contributed by atoms with Gasteiger partial charge < -0.3 is 0 Å². The lowest BCUT2D eigenvalue weighted by Gasteiger charge is -2.17. The summed E-state index contributed by atoms with van der Waals surface area (Å²) in [4.78, 5) is 5.07. The van der Waals surface area contributed by atoms with Crippen LogP contribution in [-0.2, 0) is 0 Å². The van der Waals surface area contributed by atoms with Crippen molar-refractivity contribution in [3.8, 4) is 11.3 Å². The van der Waals surface area contributed by atoms with Crippen LogP contribution < -0.4 is 0 Å². The molecule has 2 aliphatic carbocycles. The molecule has 0 bridgehead atoms. The summed E-state index contributed by atoms with van der Waals surface area (Å²) in [5.74, 6) is 1.39. The SMILES string of the molecule is c1ccc2cc(C3CCCC3)c(-c3cccc(C4CCCC4)c3)nc2c#1. The molecule has 0 unspecified atom stereocenters. The Kier molecular flexibility index (Phi) is 4.13. The highest BCUT2D eigenvalue weighted by molar-refractivity contribution is 5.82. The molecule has 0 aliphatic heterocycles. The fourth-order valence-corrected chi connectivity index (χ4v) is 4.99. The highest BCUT2D eigenvalue weighted by Crippen LogP contribution is 2.41. The second-order valence-corrected chi connectivity index (χ2v) is 8.05. The number of hydrogen-bond donors (Lipinski definition) is 0. The van der Waals surface area contributed by atoms with E-state index in [4.69, 9.17) is 4.98 Å². The van der Waals surface area contributed by atoms with E-state index in [-0.39, 0.29) is 0 Å². The zero-order valence-corrected chi connectivity index (χ0v) is 15.3. The first-order valence-electron chi connectivity index (χ1n) is 10.2. The molecule has 0 saturated heterocycles. The van der Waals surface area contributed by atoms with Gasteiger partial charge in [0.15, 0.2) is 0 Å². The van der Waals surface area contributed by atoms with Gasteiger partial charge in [-0.15, -0.1) is 0 Å². The van der Waals surface area contributed by atoms with Gasteiger partial charge in [0.1, 0.15) is 5.52 Å². The second kappa shape index (κ2) is 6.76.